The lowest BCUT2D eigenvalue weighted by molar-refractivity contribution is -0.385. The van der Waals surface area contributed by atoms with Crippen LogP contribution in [-0.2, 0) is 10.0 Å². The molecule has 2 rings (SSSR count). The van der Waals surface area contributed by atoms with Gasteiger partial charge in [-0.3, -0.25) is 10.1 Å². The number of rotatable bonds is 6. The first kappa shape index (κ1) is 15.8. The van der Waals surface area contributed by atoms with E-state index in [2.05, 4.69) is 10.0 Å². The van der Waals surface area contributed by atoms with Gasteiger partial charge in [-0.05, 0) is 31.9 Å². The average Bonchev–Trinajstić information content (AvgIpc) is 2.91. The standard InChI is InChI=1S/C12H16FN3O4S/c13-11-4-3-10(16(17)18)8-12(11)21(19,20)15-7-5-9-2-1-6-14-9/h3-4,8-9,14-15H,1-2,5-7H2. The van der Waals surface area contributed by atoms with Gasteiger partial charge in [-0.1, -0.05) is 0 Å². The van der Waals surface area contributed by atoms with Gasteiger partial charge in [0.2, 0.25) is 10.0 Å². The molecular formula is C12H16FN3O4S. The van der Waals surface area contributed by atoms with E-state index in [1.165, 1.54) is 0 Å². The molecule has 1 heterocycles. The maximum atomic E-state index is 13.6. The highest BCUT2D eigenvalue weighted by Gasteiger charge is 2.23. The summed E-state index contributed by atoms with van der Waals surface area (Å²) in [5.41, 5.74) is -0.464. The van der Waals surface area contributed by atoms with Gasteiger partial charge in [0.25, 0.3) is 5.69 Å². The number of nitro benzene ring substituents is 1. The molecule has 1 fully saturated rings. The molecule has 0 aliphatic carbocycles. The summed E-state index contributed by atoms with van der Waals surface area (Å²) in [6, 6.07) is 2.69. The minimum Gasteiger partial charge on any atom is -0.314 e. The summed E-state index contributed by atoms with van der Waals surface area (Å²) in [6.07, 6.45) is 2.62. The number of non-ortho nitro benzene ring substituents is 1. The van der Waals surface area contributed by atoms with Crippen LogP contribution in [0.1, 0.15) is 19.3 Å². The number of hydrogen-bond donors (Lipinski definition) is 2. The van der Waals surface area contributed by atoms with Gasteiger partial charge in [0.15, 0.2) is 0 Å². The van der Waals surface area contributed by atoms with E-state index in [-0.39, 0.29) is 12.6 Å². The molecule has 0 saturated carbocycles. The fraction of sp³-hybridized carbons (Fsp3) is 0.500. The van der Waals surface area contributed by atoms with Crippen LogP contribution in [0, 0.1) is 15.9 Å². The molecule has 1 aliphatic rings. The van der Waals surface area contributed by atoms with Gasteiger partial charge in [-0.25, -0.2) is 17.5 Å². The largest absolute Gasteiger partial charge is 0.314 e. The molecule has 1 aromatic carbocycles. The lowest BCUT2D eigenvalue weighted by atomic mass is 10.2. The fourth-order valence-electron chi connectivity index (χ4n) is 2.26. The Morgan fingerprint density at radius 3 is 2.86 bits per heavy atom. The summed E-state index contributed by atoms with van der Waals surface area (Å²) in [5, 5.41) is 13.9. The number of nitrogens with one attached hydrogen (secondary N) is 2. The van der Waals surface area contributed by atoms with Crippen molar-refractivity contribution >= 4 is 15.7 Å². The zero-order valence-electron chi connectivity index (χ0n) is 11.2. The van der Waals surface area contributed by atoms with Crippen LogP contribution >= 0.6 is 0 Å². The van der Waals surface area contributed by atoms with E-state index in [1.807, 2.05) is 0 Å². The molecule has 0 radical (unpaired) electrons. The maximum absolute atomic E-state index is 13.6. The van der Waals surface area contributed by atoms with E-state index < -0.39 is 31.3 Å². The van der Waals surface area contributed by atoms with Crippen molar-refractivity contribution in [1.29, 1.82) is 0 Å². The highest BCUT2D eigenvalue weighted by atomic mass is 32.2. The monoisotopic (exact) mass is 317 g/mol. The van der Waals surface area contributed by atoms with Crippen LogP contribution in [0.15, 0.2) is 23.1 Å². The summed E-state index contributed by atoms with van der Waals surface area (Å²) in [4.78, 5) is 9.18. The molecule has 9 heteroatoms. The van der Waals surface area contributed by atoms with Crippen LogP contribution in [0.25, 0.3) is 0 Å². The fourth-order valence-corrected chi connectivity index (χ4v) is 3.40. The minimum atomic E-state index is -4.10. The van der Waals surface area contributed by atoms with Crippen molar-refractivity contribution in [3.05, 3.63) is 34.1 Å². The number of nitrogens with zero attached hydrogens (tertiary/aromatic N) is 1. The topological polar surface area (TPSA) is 101 Å². The van der Waals surface area contributed by atoms with Gasteiger partial charge in [0, 0.05) is 24.7 Å². The summed E-state index contributed by atoms with van der Waals surface area (Å²) in [6.45, 7) is 1.07. The Hall–Kier alpha value is -1.58. The third-order valence-electron chi connectivity index (χ3n) is 3.36. The Kier molecular flexibility index (Phi) is 4.86. The smallest absolute Gasteiger partial charge is 0.270 e. The van der Waals surface area contributed by atoms with Crippen LogP contribution in [-0.4, -0.2) is 32.5 Å². The Labute approximate surface area is 121 Å². The zero-order valence-corrected chi connectivity index (χ0v) is 12.0. The van der Waals surface area contributed by atoms with Crippen molar-refractivity contribution < 1.29 is 17.7 Å². The Bertz CT molecular complexity index is 629. The molecule has 0 bridgehead atoms. The van der Waals surface area contributed by atoms with Gasteiger partial charge in [0.05, 0.1) is 4.92 Å². The maximum Gasteiger partial charge on any atom is 0.270 e. The highest BCUT2D eigenvalue weighted by Crippen LogP contribution is 2.21. The highest BCUT2D eigenvalue weighted by molar-refractivity contribution is 7.89. The van der Waals surface area contributed by atoms with Crippen molar-refractivity contribution in [3.63, 3.8) is 0 Å². The van der Waals surface area contributed by atoms with Crippen molar-refractivity contribution in [1.82, 2.24) is 10.0 Å². The number of hydrogen-bond acceptors (Lipinski definition) is 5. The SMILES string of the molecule is O=[N+]([O-])c1ccc(F)c(S(=O)(=O)NCCC2CCCN2)c1. The van der Waals surface area contributed by atoms with Crippen LogP contribution in [0.2, 0.25) is 0 Å². The van der Waals surface area contributed by atoms with E-state index >= 15 is 0 Å². The molecule has 7 nitrogen and oxygen atoms in total. The second-order valence-electron chi connectivity index (χ2n) is 4.85. The molecule has 2 N–H and O–H groups in total. The predicted molar refractivity (Wildman–Crippen MR) is 73.9 cm³/mol. The molecule has 1 saturated heterocycles. The first-order valence-corrected chi connectivity index (χ1v) is 8.05. The zero-order chi connectivity index (χ0) is 15.5. The molecule has 1 aliphatic heterocycles. The van der Waals surface area contributed by atoms with Crippen LogP contribution in [0.3, 0.4) is 0 Å². The van der Waals surface area contributed by atoms with E-state index in [9.17, 15) is 22.9 Å². The first-order valence-electron chi connectivity index (χ1n) is 6.57. The number of halogens is 1. The van der Waals surface area contributed by atoms with Gasteiger partial charge < -0.3 is 5.32 Å². The van der Waals surface area contributed by atoms with Crippen molar-refractivity contribution in [2.45, 2.75) is 30.2 Å². The Balaban J connectivity index is 2.07. The van der Waals surface area contributed by atoms with Gasteiger partial charge in [0.1, 0.15) is 10.7 Å². The number of nitro groups is 1. The first-order chi connectivity index (χ1) is 9.90. The summed E-state index contributed by atoms with van der Waals surface area (Å²) < 4.78 is 39.9. The van der Waals surface area contributed by atoms with Crippen LogP contribution in [0.5, 0.6) is 0 Å². The summed E-state index contributed by atoms with van der Waals surface area (Å²) in [7, 11) is -4.10. The summed E-state index contributed by atoms with van der Waals surface area (Å²) in [5.74, 6) is -1.01. The Morgan fingerprint density at radius 2 is 2.24 bits per heavy atom. The van der Waals surface area contributed by atoms with Crippen molar-refractivity contribution in [3.8, 4) is 0 Å². The minimum absolute atomic E-state index is 0.155. The average molecular weight is 317 g/mol. The third kappa shape index (κ3) is 3.96. The molecule has 1 unspecified atom stereocenters. The van der Waals surface area contributed by atoms with Gasteiger partial charge in [-0.15, -0.1) is 0 Å². The van der Waals surface area contributed by atoms with Gasteiger partial charge >= 0.3 is 0 Å². The molecule has 0 aromatic heterocycles. The molecule has 21 heavy (non-hydrogen) atoms. The molecule has 1 atom stereocenters. The molecular weight excluding hydrogens is 301 g/mol. The lowest BCUT2D eigenvalue weighted by Gasteiger charge is -2.11. The van der Waals surface area contributed by atoms with E-state index in [0.717, 1.165) is 37.6 Å². The lowest BCUT2D eigenvalue weighted by Crippen LogP contribution is -2.31. The molecule has 1 aromatic rings. The quantitative estimate of drug-likeness (QED) is 0.605. The van der Waals surface area contributed by atoms with Crippen LogP contribution in [0.4, 0.5) is 10.1 Å². The Morgan fingerprint density at radius 1 is 1.48 bits per heavy atom. The van der Waals surface area contributed by atoms with E-state index in [0.29, 0.717) is 6.42 Å². The van der Waals surface area contributed by atoms with Gasteiger partial charge in [-0.2, -0.15) is 0 Å². The molecule has 116 valence electrons. The second kappa shape index (κ2) is 6.46. The normalized spacial score (nSPS) is 18.8. The predicted octanol–water partition coefficient (Wildman–Crippen LogP) is 1.15. The van der Waals surface area contributed by atoms with E-state index in [1.54, 1.807) is 0 Å². The molecule has 0 amide bonds. The van der Waals surface area contributed by atoms with Crippen molar-refractivity contribution in [2.75, 3.05) is 13.1 Å². The summed E-state index contributed by atoms with van der Waals surface area (Å²) >= 11 is 0. The van der Waals surface area contributed by atoms with E-state index in [4.69, 9.17) is 0 Å². The third-order valence-corrected chi connectivity index (χ3v) is 4.84. The number of sulfonamides is 1. The van der Waals surface area contributed by atoms with Crippen LogP contribution < -0.4 is 10.0 Å². The van der Waals surface area contributed by atoms with Crippen molar-refractivity contribution in [2.24, 2.45) is 0 Å². The molecule has 0 spiro atoms. The number of benzene rings is 1. The second-order valence-corrected chi connectivity index (χ2v) is 6.59.